The molecule has 5 heteroatoms. The Morgan fingerprint density at radius 2 is 1.95 bits per heavy atom. The molecule has 0 aliphatic heterocycles. The number of hydrogen-bond donors (Lipinski definition) is 1. The Bertz CT molecular complexity index is 599. The number of fused-ring (bicyclic) bond motifs is 1. The second-order valence-electron chi connectivity index (χ2n) is 4.48. The van der Waals surface area contributed by atoms with Crippen molar-refractivity contribution in [1.82, 2.24) is 9.97 Å². The zero-order valence-electron chi connectivity index (χ0n) is 11.8. The van der Waals surface area contributed by atoms with Crippen molar-refractivity contribution in [3.05, 3.63) is 30.0 Å². The Kier molecular flexibility index (Phi) is 4.87. The third kappa shape index (κ3) is 3.66. The molecule has 106 valence electrons. The number of esters is 1. The Morgan fingerprint density at radius 3 is 2.65 bits per heavy atom. The molecule has 0 amide bonds. The monoisotopic (exact) mass is 273 g/mol. The van der Waals surface area contributed by atoms with Crippen LogP contribution >= 0.6 is 0 Å². The van der Waals surface area contributed by atoms with Gasteiger partial charge in [0.1, 0.15) is 5.82 Å². The Balaban J connectivity index is 1.93. The highest BCUT2D eigenvalue weighted by Crippen LogP contribution is 2.15. The molecular formula is C15H19N3O2. The Labute approximate surface area is 118 Å². The van der Waals surface area contributed by atoms with E-state index >= 15 is 0 Å². The highest BCUT2D eigenvalue weighted by molar-refractivity contribution is 5.76. The van der Waals surface area contributed by atoms with Gasteiger partial charge >= 0.3 is 5.97 Å². The quantitative estimate of drug-likeness (QED) is 0.647. The van der Waals surface area contributed by atoms with Crippen LogP contribution < -0.4 is 5.32 Å². The first-order chi connectivity index (χ1) is 9.70. The van der Waals surface area contributed by atoms with E-state index in [1.54, 1.807) is 0 Å². The fourth-order valence-corrected chi connectivity index (χ4v) is 1.93. The SMILES string of the molecule is CCOC(=O)CCCNc1nc2ccccc2nc1C. The molecule has 1 aromatic heterocycles. The summed E-state index contributed by atoms with van der Waals surface area (Å²) < 4.78 is 4.88. The minimum absolute atomic E-state index is 0.157. The highest BCUT2D eigenvalue weighted by atomic mass is 16.5. The lowest BCUT2D eigenvalue weighted by Crippen LogP contribution is -2.10. The van der Waals surface area contributed by atoms with Gasteiger partial charge in [0.2, 0.25) is 0 Å². The van der Waals surface area contributed by atoms with Crippen LogP contribution in [0.15, 0.2) is 24.3 Å². The van der Waals surface area contributed by atoms with Gasteiger partial charge in [-0.25, -0.2) is 9.97 Å². The lowest BCUT2D eigenvalue weighted by molar-refractivity contribution is -0.143. The van der Waals surface area contributed by atoms with Gasteiger partial charge in [-0.15, -0.1) is 0 Å². The molecule has 0 unspecified atom stereocenters. The average Bonchev–Trinajstić information content (AvgIpc) is 2.44. The summed E-state index contributed by atoms with van der Waals surface area (Å²) in [6.07, 6.45) is 1.13. The number of rotatable bonds is 6. The van der Waals surface area contributed by atoms with Crippen LogP contribution in [-0.2, 0) is 9.53 Å². The van der Waals surface area contributed by atoms with E-state index in [0.29, 0.717) is 26.0 Å². The zero-order chi connectivity index (χ0) is 14.4. The van der Waals surface area contributed by atoms with E-state index in [4.69, 9.17) is 4.74 Å². The first-order valence-electron chi connectivity index (χ1n) is 6.83. The first-order valence-corrected chi connectivity index (χ1v) is 6.83. The van der Waals surface area contributed by atoms with Crippen molar-refractivity contribution in [3.8, 4) is 0 Å². The number of benzene rings is 1. The number of para-hydroxylation sites is 2. The van der Waals surface area contributed by atoms with Gasteiger partial charge in [-0.1, -0.05) is 12.1 Å². The van der Waals surface area contributed by atoms with Crippen LogP contribution in [-0.4, -0.2) is 29.1 Å². The molecule has 1 heterocycles. The predicted molar refractivity (Wildman–Crippen MR) is 78.6 cm³/mol. The van der Waals surface area contributed by atoms with Crippen LogP contribution in [0.2, 0.25) is 0 Å². The maximum absolute atomic E-state index is 11.2. The molecule has 1 N–H and O–H groups in total. The molecule has 20 heavy (non-hydrogen) atoms. The molecule has 1 aromatic carbocycles. The van der Waals surface area contributed by atoms with E-state index < -0.39 is 0 Å². The van der Waals surface area contributed by atoms with Gasteiger partial charge in [-0.05, 0) is 32.4 Å². The standard InChI is InChI=1S/C15H19N3O2/c1-3-20-14(19)9-6-10-16-15-11(2)17-12-7-4-5-8-13(12)18-15/h4-5,7-8H,3,6,9-10H2,1-2H3,(H,16,18). The van der Waals surface area contributed by atoms with Crippen LogP contribution in [0.4, 0.5) is 5.82 Å². The molecule has 0 aliphatic carbocycles. The van der Waals surface area contributed by atoms with Crippen molar-refractivity contribution < 1.29 is 9.53 Å². The lowest BCUT2D eigenvalue weighted by Gasteiger charge is -2.09. The summed E-state index contributed by atoms with van der Waals surface area (Å²) in [7, 11) is 0. The minimum atomic E-state index is -0.157. The molecule has 0 radical (unpaired) electrons. The number of ether oxygens (including phenoxy) is 1. The highest BCUT2D eigenvalue weighted by Gasteiger charge is 2.05. The van der Waals surface area contributed by atoms with Crippen molar-refractivity contribution in [2.45, 2.75) is 26.7 Å². The zero-order valence-corrected chi connectivity index (χ0v) is 11.8. The summed E-state index contributed by atoms with van der Waals surface area (Å²) in [5.74, 6) is 0.614. The number of aryl methyl sites for hydroxylation is 1. The van der Waals surface area contributed by atoms with E-state index in [1.807, 2.05) is 38.1 Å². The van der Waals surface area contributed by atoms with Gasteiger partial charge in [0.15, 0.2) is 0 Å². The van der Waals surface area contributed by atoms with E-state index in [1.165, 1.54) is 0 Å². The minimum Gasteiger partial charge on any atom is -0.466 e. The number of nitrogens with zero attached hydrogens (tertiary/aromatic N) is 2. The van der Waals surface area contributed by atoms with E-state index in [9.17, 15) is 4.79 Å². The summed E-state index contributed by atoms with van der Waals surface area (Å²) in [5, 5.41) is 3.22. The molecule has 0 spiro atoms. The normalized spacial score (nSPS) is 10.5. The van der Waals surface area contributed by atoms with Crippen molar-refractivity contribution in [3.63, 3.8) is 0 Å². The third-order valence-electron chi connectivity index (χ3n) is 2.90. The summed E-state index contributed by atoms with van der Waals surface area (Å²) in [5.41, 5.74) is 2.62. The van der Waals surface area contributed by atoms with Gasteiger partial charge in [-0.3, -0.25) is 4.79 Å². The second-order valence-corrected chi connectivity index (χ2v) is 4.48. The summed E-state index contributed by atoms with van der Waals surface area (Å²) >= 11 is 0. The van der Waals surface area contributed by atoms with Gasteiger partial charge in [0.05, 0.1) is 23.3 Å². The van der Waals surface area contributed by atoms with Gasteiger partial charge < -0.3 is 10.1 Å². The van der Waals surface area contributed by atoms with Crippen molar-refractivity contribution in [1.29, 1.82) is 0 Å². The average molecular weight is 273 g/mol. The molecule has 0 atom stereocenters. The summed E-state index contributed by atoms with van der Waals surface area (Å²) in [6, 6.07) is 7.77. The smallest absolute Gasteiger partial charge is 0.305 e. The predicted octanol–water partition coefficient (Wildman–Crippen LogP) is 2.69. The number of hydrogen-bond acceptors (Lipinski definition) is 5. The van der Waals surface area contributed by atoms with Crippen molar-refractivity contribution >= 4 is 22.8 Å². The Hall–Kier alpha value is -2.17. The molecule has 0 saturated carbocycles. The molecule has 2 rings (SSSR count). The molecule has 0 fully saturated rings. The second kappa shape index (κ2) is 6.84. The summed E-state index contributed by atoms with van der Waals surface area (Å²) in [4.78, 5) is 20.3. The fourth-order valence-electron chi connectivity index (χ4n) is 1.93. The number of anilines is 1. The molecule has 5 nitrogen and oxygen atoms in total. The van der Waals surface area contributed by atoms with Gasteiger partial charge in [-0.2, -0.15) is 0 Å². The number of aromatic nitrogens is 2. The van der Waals surface area contributed by atoms with E-state index in [-0.39, 0.29) is 5.97 Å². The molecular weight excluding hydrogens is 254 g/mol. The van der Waals surface area contributed by atoms with Crippen LogP contribution in [0, 0.1) is 6.92 Å². The third-order valence-corrected chi connectivity index (χ3v) is 2.90. The molecule has 0 bridgehead atoms. The molecule has 0 saturated heterocycles. The number of carbonyl (C=O) groups excluding carboxylic acids is 1. The van der Waals surface area contributed by atoms with E-state index in [2.05, 4.69) is 15.3 Å². The number of carbonyl (C=O) groups is 1. The lowest BCUT2D eigenvalue weighted by atomic mass is 10.3. The van der Waals surface area contributed by atoms with Crippen molar-refractivity contribution in [2.24, 2.45) is 0 Å². The van der Waals surface area contributed by atoms with Crippen LogP contribution in [0.1, 0.15) is 25.5 Å². The molecule has 2 aromatic rings. The van der Waals surface area contributed by atoms with Crippen LogP contribution in [0.3, 0.4) is 0 Å². The van der Waals surface area contributed by atoms with Crippen LogP contribution in [0.25, 0.3) is 11.0 Å². The topological polar surface area (TPSA) is 64.1 Å². The molecule has 0 aliphatic rings. The van der Waals surface area contributed by atoms with Crippen molar-refractivity contribution in [2.75, 3.05) is 18.5 Å². The Morgan fingerprint density at radius 1 is 1.25 bits per heavy atom. The van der Waals surface area contributed by atoms with Gasteiger partial charge in [0, 0.05) is 13.0 Å². The fraction of sp³-hybridized carbons (Fsp3) is 0.400. The van der Waals surface area contributed by atoms with Crippen LogP contribution in [0.5, 0.6) is 0 Å². The number of nitrogens with one attached hydrogen (secondary N) is 1. The van der Waals surface area contributed by atoms with Gasteiger partial charge in [0.25, 0.3) is 0 Å². The maximum atomic E-state index is 11.2. The summed E-state index contributed by atoms with van der Waals surface area (Å²) in [6.45, 7) is 4.84. The van der Waals surface area contributed by atoms with E-state index in [0.717, 1.165) is 22.5 Å². The maximum Gasteiger partial charge on any atom is 0.305 e. The largest absolute Gasteiger partial charge is 0.466 e. The first kappa shape index (κ1) is 14.2.